The summed E-state index contributed by atoms with van der Waals surface area (Å²) in [5.74, 6) is 1.10. The molecule has 7 heteroatoms. The highest BCUT2D eigenvalue weighted by molar-refractivity contribution is 14.0. The van der Waals surface area contributed by atoms with E-state index < -0.39 is 9.84 Å². The first-order chi connectivity index (χ1) is 12.5. The van der Waals surface area contributed by atoms with Crippen molar-refractivity contribution in [1.29, 1.82) is 0 Å². The van der Waals surface area contributed by atoms with Crippen molar-refractivity contribution in [2.45, 2.75) is 51.7 Å². The van der Waals surface area contributed by atoms with Gasteiger partial charge in [-0.05, 0) is 43.6 Å². The SMILES string of the molecule is CCNC(=NCC1(CC)CCC1)NCCCS(=O)(=O)Cc1ccccc1.I. The van der Waals surface area contributed by atoms with Gasteiger partial charge >= 0.3 is 0 Å². The van der Waals surface area contributed by atoms with Gasteiger partial charge in [0.15, 0.2) is 15.8 Å². The topological polar surface area (TPSA) is 70.6 Å². The van der Waals surface area contributed by atoms with Gasteiger partial charge in [-0.3, -0.25) is 4.99 Å². The van der Waals surface area contributed by atoms with Crippen LogP contribution < -0.4 is 10.6 Å². The van der Waals surface area contributed by atoms with Crippen LogP contribution in [0.5, 0.6) is 0 Å². The molecule has 0 saturated heterocycles. The Morgan fingerprint density at radius 1 is 1.15 bits per heavy atom. The van der Waals surface area contributed by atoms with Gasteiger partial charge < -0.3 is 10.6 Å². The van der Waals surface area contributed by atoms with Gasteiger partial charge in [-0.2, -0.15) is 0 Å². The number of nitrogens with zero attached hydrogens (tertiary/aromatic N) is 1. The maximum Gasteiger partial charge on any atom is 0.191 e. The Kier molecular flexibility index (Phi) is 10.7. The second-order valence-electron chi connectivity index (χ2n) is 7.26. The summed E-state index contributed by atoms with van der Waals surface area (Å²) < 4.78 is 24.5. The number of aliphatic imine (C=N–C) groups is 1. The van der Waals surface area contributed by atoms with Crippen LogP contribution in [0.2, 0.25) is 0 Å². The molecule has 0 atom stereocenters. The zero-order chi connectivity index (χ0) is 18.9. The Balaban J connectivity index is 0.00000364. The average molecular weight is 507 g/mol. The molecular formula is C20H34IN3O2S. The summed E-state index contributed by atoms with van der Waals surface area (Å²) in [6.45, 7) is 6.55. The molecular weight excluding hydrogens is 473 g/mol. The molecule has 0 spiro atoms. The number of nitrogens with one attached hydrogen (secondary N) is 2. The average Bonchev–Trinajstić information content (AvgIpc) is 2.58. The van der Waals surface area contributed by atoms with Gasteiger partial charge in [-0.15, -0.1) is 24.0 Å². The zero-order valence-corrected chi connectivity index (χ0v) is 19.7. The monoisotopic (exact) mass is 507 g/mol. The van der Waals surface area contributed by atoms with Gasteiger partial charge in [0.25, 0.3) is 0 Å². The fourth-order valence-corrected chi connectivity index (χ4v) is 4.72. The summed E-state index contributed by atoms with van der Waals surface area (Å²) in [6, 6.07) is 9.35. The number of benzene rings is 1. The molecule has 0 heterocycles. The van der Waals surface area contributed by atoms with E-state index in [1.165, 1.54) is 25.7 Å². The lowest BCUT2D eigenvalue weighted by Gasteiger charge is -2.40. The zero-order valence-electron chi connectivity index (χ0n) is 16.5. The lowest BCUT2D eigenvalue weighted by atomic mass is 9.67. The van der Waals surface area contributed by atoms with Crippen molar-refractivity contribution >= 4 is 39.8 Å². The molecule has 1 saturated carbocycles. The molecule has 1 aromatic rings. The number of hydrogen-bond acceptors (Lipinski definition) is 3. The number of hydrogen-bond donors (Lipinski definition) is 2. The summed E-state index contributed by atoms with van der Waals surface area (Å²) in [5, 5.41) is 6.53. The summed E-state index contributed by atoms with van der Waals surface area (Å²) in [6.07, 6.45) is 5.60. The van der Waals surface area contributed by atoms with Crippen LogP contribution in [-0.2, 0) is 15.6 Å². The number of halogens is 1. The van der Waals surface area contributed by atoms with Crippen molar-refractivity contribution < 1.29 is 8.42 Å². The van der Waals surface area contributed by atoms with Crippen molar-refractivity contribution in [2.24, 2.45) is 10.4 Å². The van der Waals surface area contributed by atoms with E-state index in [0.717, 1.165) is 24.6 Å². The van der Waals surface area contributed by atoms with Crippen LogP contribution in [0.4, 0.5) is 0 Å². The molecule has 0 radical (unpaired) electrons. The lowest BCUT2D eigenvalue weighted by molar-refractivity contribution is 0.139. The highest BCUT2D eigenvalue weighted by Gasteiger charge is 2.34. The molecule has 1 aliphatic carbocycles. The van der Waals surface area contributed by atoms with E-state index in [0.29, 0.717) is 18.4 Å². The summed E-state index contributed by atoms with van der Waals surface area (Å²) in [7, 11) is -3.08. The molecule has 0 aromatic heterocycles. The lowest BCUT2D eigenvalue weighted by Crippen LogP contribution is -2.40. The largest absolute Gasteiger partial charge is 0.357 e. The maximum absolute atomic E-state index is 12.2. The fourth-order valence-electron chi connectivity index (χ4n) is 3.29. The molecule has 1 fully saturated rings. The molecule has 0 bridgehead atoms. The minimum Gasteiger partial charge on any atom is -0.357 e. The molecule has 5 nitrogen and oxygen atoms in total. The maximum atomic E-state index is 12.2. The molecule has 1 aromatic carbocycles. The predicted octanol–water partition coefficient (Wildman–Crippen LogP) is 3.74. The minimum atomic E-state index is -3.08. The smallest absolute Gasteiger partial charge is 0.191 e. The van der Waals surface area contributed by atoms with E-state index in [4.69, 9.17) is 4.99 Å². The predicted molar refractivity (Wildman–Crippen MR) is 125 cm³/mol. The van der Waals surface area contributed by atoms with E-state index in [1.807, 2.05) is 37.3 Å². The van der Waals surface area contributed by atoms with Crippen LogP contribution in [0.15, 0.2) is 35.3 Å². The number of guanidine groups is 1. The van der Waals surface area contributed by atoms with Crippen LogP contribution in [0.3, 0.4) is 0 Å². The molecule has 154 valence electrons. The normalized spacial score (nSPS) is 16.1. The summed E-state index contributed by atoms with van der Waals surface area (Å²) in [5.41, 5.74) is 1.24. The Labute approximate surface area is 181 Å². The van der Waals surface area contributed by atoms with Crippen molar-refractivity contribution in [3.05, 3.63) is 35.9 Å². The fraction of sp³-hybridized carbons (Fsp3) is 0.650. The summed E-state index contributed by atoms with van der Waals surface area (Å²) in [4.78, 5) is 4.73. The Bertz CT molecular complexity index is 668. The number of sulfone groups is 1. The van der Waals surface area contributed by atoms with Crippen LogP contribution in [0, 0.1) is 5.41 Å². The summed E-state index contributed by atoms with van der Waals surface area (Å²) >= 11 is 0. The third kappa shape index (κ3) is 8.37. The van der Waals surface area contributed by atoms with Crippen LogP contribution >= 0.6 is 24.0 Å². The highest BCUT2D eigenvalue weighted by atomic mass is 127. The van der Waals surface area contributed by atoms with Crippen molar-refractivity contribution in [3.63, 3.8) is 0 Å². The Morgan fingerprint density at radius 2 is 1.85 bits per heavy atom. The van der Waals surface area contributed by atoms with Crippen molar-refractivity contribution in [1.82, 2.24) is 10.6 Å². The van der Waals surface area contributed by atoms with Gasteiger partial charge in [0.1, 0.15) is 0 Å². The van der Waals surface area contributed by atoms with Crippen LogP contribution in [-0.4, -0.2) is 39.8 Å². The van der Waals surface area contributed by atoms with E-state index >= 15 is 0 Å². The molecule has 2 rings (SSSR count). The first-order valence-corrected chi connectivity index (χ1v) is 11.6. The highest BCUT2D eigenvalue weighted by Crippen LogP contribution is 2.43. The molecule has 0 amide bonds. The molecule has 1 aliphatic rings. The van der Waals surface area contributed by atoms with E-state index in [9.17, 15) is 8.42 Å². The van der Waals surface area contributed by atoms with Gasteiger partial charge in [-0.25, -0.2) is 8.42 Å². The Morgan fingerprint density at radius 3 is 2.41 bits per heavy atom. The van der Waals surface area contributed by atoms with E-state index in [-0.39, 0.29) is 35.5 Å². The third-order valence-electron chi connectivity index (χ3n) is 5.23. The first kappa shape index (κ1) is 24.2. The van der Waals surface area contributed by atoms with Gasteiger partial charge in [0.2, 0.25) is 0 Å². The second-order valence-corrected chi connectivity index (χ2v) is 9.44. The molecule has 0 unspecified atom stereocenters. The molecule has 0 aliphatic heterocycles. The quantitative estimate of drug-likeness (QED) is 0.219. The van der Waals surface area contributed by atoms with Crippen LogP contribution in [0.1, 0.15) is 51.5 Å². The molecule has 2 N–H and O–H groups in total. The third-order valence-corrected chi connectivity index (χ3v) is 6.92. The number of rotatable bonds is 10. The van der Waals surface area contributed by atoms with Crippen molar-refractivity contribution in [2.75, 3.05) is 25.4 Å². The van der Waals surface area contributed by atoms with Crippen molar-refractivity contribution in [3.8, 4) is 0 Å². The van der Waals surface area contributed by atoms with Crippen LogP contribution in [0.25, 0.3) is 0 Å². The van der Waals surface area contributed by atoms with E-state index in [1.54, 1.807) is 0 Å². The van der Waals surface area contributed by atoms with Gasteiger partial charge in [0, 0.05) is 19.6 Å². The second kappa shape index (κ2) is 11.9. The van der Waals surface area contributed by atoms with E-state index in [2.05, 4.69) is 17.6 Å². The molecule has 27 heavy (non-hydrogen) atoms. The first-order valence-electron chi connectivity index (χ1n) is 9.75. The van der Waals surface area contributed by atoms with Gasteiger partial charge in [-0.1, -0.05) is 43.7 Å². The van der Waals surface area contributed by atoms with Gasteiger partial charge in [0.05, 0.1) is 11.5 Å². The minimum absolute atomic E-state index is 0. The Hall–Kier alpha value is -0.830. The standard InChI is InChI=1S/C20H33N3O2S.HI/c1-3-20(12-8-13-20)17-23-19(21-4-2)22-14-9-15-26(24,25)16-18-10-6-5-7-11-18;/h5-7,10-11H,3-4,8-9,12-17H2,1-2H3,(H2,21,22,23);1H.